The fraction of sp³-hybridized carbons (Fsp3) is 0.467. The summed E-state index contributed by atoms with van der Waals surface area (Å²) in [6, 6.07) is 7.79. The molecule has 21 heavy (non-hydrogen) atoms. The van der Waals surface area contributed by atoms with Crippen molar-refractivity contribution in [2.75, 3.05) is 7.11 Å². The molecule has 0 aliphatic heterocycles. The number of hydrogen-bond donors (Lipinski definition) is 1. The number of methoxy groups -OCH3 is 1. The highest BCUT2D eigenvalue weighted by molar-refractivity contribution is 7.13. The Hall–Kier alpha value is -1.66. The van der Waals surface area contributed by atoms with E-state index < -0.39 is 0 Å². The van der Waals surface area contributed by atoms with Gasteiger partial charge in [0.15, 0.2) is 0 Å². The van der Waals surface area contributed by atoms with Gasteiger partial charge in [-0.25, -0.2) is 0 Å². The molecule has 1 aromatic heterocycles. The van der Waals surface area contributed by atoms with E-state index in [9.17, 15) is 0 Å². The molecule has 0 atom stereocenters. The number of ether oxygens (including phenoxy) is 2. The summed E-state index contributed by atoms with van der Waals surface area (Å²) in [6.07, 6.45) is 0. The lowest BCUT2D eigenvalue weighted by Gasteiger charge is -2.19. The first-order chi connectivity index (χ1) is 9.96. The SMILES string of the molecule is COc1cccc(COc2nnc(CNC(C)(C)C)s2)c1. The molecule has 1 aromatic carbocycles. The van der Waals surface area contributed by atoms with Crippen LogP contribution in [0.15, 0.2) is 24.3 Å². The number of nitrogens with one attached hydrogen (secondary N) is 1. The van der Waals surface area contributed by atoms with Crippen LogP contribution in [-0.4, -0.2) is 22.8 Å². The maximum Gasteiger partial charge on any atom is 0.294 e. The summed E-state index contributed by atoms with van der Waals surface area (Å²) < 4.78 is 10.9. The molecule has 0 amide bonds. The van der Waals surface area contributed by atoms with Gasteiger partial charge in [0.25, 0.3) is 5.19 Å². The summed E-state index contributed by atoms with van der Waals surface area (Å²) in [5.41, 5.74) is 1.10. The van der Waals surface area contributed by atoms with Crippen LogP contribution in [0, 0.1) is 0 Å². The van der Waals surface area contributed by atoms with E-state index in [1.165, 1.54) is 11.3 Å². The van der Waals surface area contributed by atoms with Crippen LogP contribution >= 0.6 is 11.3 Å². The molecule has 0 fully saturated rings. The van der Waals surface area contributed by atoms with E-state index in [0.29, 0.717) is 18.3 Å². The zero-order valence-electron chi connectivity index (χ0n) is 12.8. The van der Waals surface area contributed by atoms with Gasteiger partial charge in [0, 0.05) is 5.54 Å². The van der Waals surface area contributed by atoms with Crippen LogP contribution in [0.1, 0.15) is 31.3 Å². The lowest BCUT2D eigenvalue weighted by molar-refractivity contribution is 0.301. The quantitative estimate of drug-likeness (QED) is 0.889. The normalized spacial score (nSPS) is 11.4. The molecule has 6 heteroatoms. The maximum absolute atomic E-state index is 5.67. The van der Waals surface area contributed by atoms with Crippen LogP contribution in [0.25, 0.3) is 0 Å². The topological polar surface area (TPSA) is 56.3 Å². The number of nitrogens with zero attached hydrogens (tertiary/aromatic N) is 2. The lowest BCUT2D eigenvalue weighted by atomic mass is 10.1. The third-order valence-electron chi connectivity index (χ3n) is 2.71. The van der Waals surface area contributed by atoms with E-state index in [0.717, 1.165) is 16.3 Å². The first kappa shape index (κ1) is 15.7. The molecule has 0 radical (unpaired) electrons. The smallest absolute Gasteiger partial charge is 0.294 e. The molecule has 0 aliphatic rings. The van der Waals surface area contributed by atoms with Gasteiger partial charge in [-0.05, 0) is 38.5 Å². The zero-order chi connectivity index (χ0) is 15.3. The molecule has 1 N–H and O–H groups in total. The van der Waals surface area contributed by atoms with E-state index in [2.05, 4.69) is 36.3 Å². The van der Waals surface area contributed by atoms with Crippen molar-refractivity contribution >= 4 is 11.3 Å². The minimum atomic E-state index is 0.0628. The van der Waals surface area contributed by atoms with Gasteiger partial charge in [-0.1, -0.05) is 28.6 Å². The van der Waals surface area contributed by atoms with E-state index in [1.54, 1.807) is 7.11 Å². The van der Waals surface area contributed by atoms with Crippen molar-refractivity contribution in [1.29, 1.82) is 0 Å². The van der Waals surface area contributed by atoms with Crippen molar-refractivity contribution in [3.8, 4) is 10.9 Å². The Balaban J connectivity index is 1.87. The second kappa shape index (κ2) is 6.87. The Kier molecular flexibility index (Phi) is 5.14. The van der Waals surface area contributed by atoms with Crippen molar-refractivity contribution in [2.24, 2.45) is 0 Å². The minimum Gasteiger partial charge on any atom is -0.497 e. The van der Waals surface area contributed by atoms with Crippen molar-refractivity contribution in [3.63, 3.8) is 0 Å². The first-order valence-electron chi connectivity index (χ1n) is 6.79. The van der Waals surface area contributed by atoms with Gasteiger partial charge in [0.2, 0.25) is 0 Å². The highest BCUT2D eigenvalue weighted by Crippen LogP contribution is 2.20. The predicted molar refractivity (Wildman–Crippen MR) is 83.8 cm³/mol. The van der Waals surface area contributed by atoms with Gasteiger partial charge in [-0.3, -0.25) is 0 Å². The Labute approximate surface area is 129 Å². The van der Waals surface area contributed by atoms with Gasteiger partial charge in [0.1, 0.15) is 17.4 Å². The molecule has 0 unspecified atom stereocenters. The van der Waals surface area contributed by atoms with Gasteiger partial charge in [-0.15, -0.1) is 5.10 Å². The Morgan fingerprint density at radius 2 is 2.05 bits per heavy atom. The average Bonchev–Trinajstić information content (AvgIpc) is 2.90. The Bertz CT molecular complexity index is 578. The van der Waals surface area contributed by atoms with E-state index in [4.69, 9.17) is 9.47 Å². The van der Waals surface area contributed by atoms with E-state index >= 15 is 0 Å². The molecule has 5 nitrogen and oxygen atoms in total. The Morgan fingerprint density at radius 3 is 2.76 bits per heavy atom. The minimum absolute atomic E-state index is 0.0628. The molecule has 0 spiro atoms. The highest BCUT2D eigenvalue weighted by Gasteiger charge is 2.11. The van der Waals surface area contributed by atoms with Gasteiger partial charge >= 0.3 is 0 Å². The maximum atomic E-state index is 5.67. The monoisotopic (exact) mass is 307 g/mol. The van der Waals surface area contributed by atoms with Crippen LogP contribution in [-0.2, 0) is 13.2 Å². The van der Waals surface area contributed by atoms with Gasteiger partial charge in [-0.2, -0.15) is 0 Å². The van der Waals surface area contributed by atoms with Crippen molar-refractivity contribution in [2.45, 2.75) is 39.5 Å². The number of aromatic nitrogens is 2. The molecular formula is C15H21N3O2S. The Morgan fingerprint density at radius 1 is 1.24 bits per heavy atom. The second-order valence-corrected chi connectivity index (χ2v) is 6.73. The number of benzene rings is 1. The van der Waals surface area contributed by atoms with E-state index in [1.807, 2.05) is 24.3 Å². The molecular weight excluding hydrogens is 286 g/mol. The van der Waals surface area contributed by atoms with Crippen molar-refractivity contribution in [3.05, 3.63) is 34.8 Å². The number of rotatable bonds is 6. The second-order valence-electron chi connectivity index (χ2n) is 5.71. The fourth-order valence-electron chi connectivity index (χ4n) is 1.62. The first-order valence-corrected chi connectivity index (χ1v) is 7.61. The van der Waals surface area contributed by atoms with Crippen molar-refractivity contribution in [1.82, 2.24) is 15.5 Å². The van der Waals surface area contributed by atoms with Crippen LogP contribution < -0.4 is 14.8 Å². The summed E-state index contributed by atoms with van der Waals surface area (Å²) in [5.74, 6) is 0.823. The standard InChI is InChI=1S/C15H21N3O2S/c1-15(2,3)16-9-13-17-18-14(21-13)20-10-11-6-5-7-12(8-11)19-4/h5-8,16H,9-10H2,1-4H3. The third kappa shape index (κ3) is 5.32. The highest BCUT2D eigenvalue weighted by atomic mass is 32.1. The molecule has 0 saturated carbocycles. The van der Waals surface area contributed by atoms with Crippen LogP contribution in [0.5, 0.6) is 10.9 Å². The summed E-state index contributed by atoms with van der Waals surface area (Å²) in [7, 11) is 1.65. The molecule has 1 heterocycles. The largest absolute Gasteiger partial charge is 0.497 e. The molecule has 0 bridgehead atoms. The summed E-state index contributed by atoms with van der Waals surface area (Å²) in [6.45, 7) is 7.51. The molecule has 0 saturated heterocycles. The van der Waals surface area contributed by atoms with Gasteiger partial charge < -0.3 is 14.8 Å². The number of hydrogen-bond acceptors (Lipinski definition) is 6. The molecule has 2 rings (SSSR count). The summed E-state index contributed by atoms with van der Waals surface area (Å²) >= 11 is 1.46. The summed E-state index contributed by atoms with van der Waals surface area (Å²) in [5, 5.41) is 13.1. The summed E-state index contributed by atoms with van der Waals surface area (Å²) in [4.78, 5) is 0. The van der Waals surface area contributed by atoms with Crippen LogP contribution in [0.4, 0.5) is 0 Å². The predicted octanol–water partition coefficient (Wildman–Crippen LogP) is 3.01. The molecule has 2 aromatic rings. The van der Waals surface area contributed by atoms with Crippen LogP contribution in [0.3, 0.4) is 0 Å². The van der Waals surface area contributed by atoms with Crippen LogP contribution in [0.2, 0.25) is 0 Å². The van der Waals surface area contributed by atoms with Crippen molar-refractivity contribution < 1.29 is 9.47 Å². The lowest BCUT2D eigenvalue weighted by Crippen LogP contribution is -2.35. The third-order valence-corrected chi connectivity index (χ3v) is 3.55. The average molecular weight is 307 g/mol. The van der Waals surface area contributed by atoms with Gasteiger partial charge in [0.05, 0.1) is 13.7 Å². The molecule has 0 aliphatic carbocycles. The molecule has 114 valence electrons. The zero-order valence-corrected chi connectivity index (χ0v) is 13.7. The fourth-order valence-corrected chi connectivity index (χ4v) is 2.24. The van der Waals surface area contributed by atoms with E-state index in [-0.39, 0.29) is 5.54 Å².